The van der Waals surface area contributed by atoms with Gasteiger partial charge in [0.25, 0.3) is 5.91 Å². The Morgan fingerprint density at radius 1 is 1.03 bits per heavy atom. The van der Waals surface area contributed by atoms with Crippen molar-refractivity contribution in [3.63, 3.8) is 0 Å². The molecule has 0 aromatic heterocycles. The van der Waals surface area contributed by atoms with Gasteiger partial charge in [0.2, 0.25) is 0 Å². The Labute approximate surface area is 192 Å². The Bertz CT molecular complexity index is 1250. The van der Waals surface area contributed by atoms with E-state index in [1.165, 1.54) is 24.3 Å². The molecule has 1 heterocycles. The summed E-state index contributed by atoms with van der Waals surface area (Å²) in [5.74, 6) is -0.232. The molecular formula is C27H25FN2O3. The number of methoxy groups -OCH3 is 1. The fourth-order valence-electron chi connectivity index (χ4n) is 4.00. The third-order valence-electron chi connectivity index (χ3n) is 5.57. The predicted molar refractivity (Wildman–Crippen MR) is 127 cm³/mol. The number of fused-ring (bicyclic) bond motifs is 1. The fourth-order valence-corrected chi connectivity index (χ4v) is 4.00. The number of nitrogens with zero attached hydrogens (tertiary/aromatic N) is 1. The average molecular weight is 445 g/mol. The van der Waals surface area contributed by atoms with Crippen molar-refractivity contribution in [3.8, 4) is 5.75 Å². The first-order valence-electron chi connectivity index (χ1n) is 10.7. The number of amides is 1. The molecule has 0 saturated heterocycles. The summed E-state index contributed by atoms with van der Waals surface area (Å²) >= 11 is 0. The Kier molecular flexibility index (Phi) is 6.09. The smallest absolute Gasteiger partial charge is 0.255 e. The van der Waals surface area contributed by atoms with E-state index < -0.39 is 11.7 Å². The molecule has 1 aliphatic heterocycles. The van der Waals surface area contributed by atoms with Crippen LogP contribution in [0, 0.1) is 5.82 Å². The minimum atomic E-state index is -0.475. The highest BCUT2D eigenvalue weighted by atomic mass is 19.1. The van der Waals surface area contributed by atoms with Gasteiger partial charge in [0.15, 0.2) is 5.78 Å². The molecule has 1 amide bonds. The molecule has 1 N–H and O–H groups in total. The highest BCUT2D eigenvalue weighted by molar-refractivity contribution is 6.17. The van der Waals surface area contributed by atoms with Gasteiger partial charge in [0, 0.05) is 22.4 Å². The molecule has 0 unspecified atom stereocenters. The maximum Gasteiger partial charge on any atom is 0.255 e. The van der Waals surface area contributed by atoms with Gasteiger partial charge in [0.05, 0.1) is 24.8 Å². The van der Waals surface area contributed by atoms with Crippen molar-refractivity contribution in [1.82, 2.24) is 0 Å². The highest BCUT2D eigenvalue weighted by Crippen LogP contribution is 2.31. The van der Waals surface area contributed by atoms with Crippen LogP contribution in [0.2, 0.25) is 0 Å². The third-order valence-corrected chi connectivity index (χ3v) is 5.57. The Morgan fingerprint density at radius 2 is 1.79 bits per heavy atom. The van der Waals surface area contributed by atoms with Crippen LogP contribution < -0.4 is 10.1 Å². The molecule has 5 nitrogen and oxygen atoms in total. The van der Waals surface area contributed by atoms with Gasteiger partial charge < -0.3 is 10.1 Å². The summed E-state index contributed by atoms with van der Waals surface area (Å²) in [6, 6.07) is 18.0. The summed E-state index contributed by atoms with van der Waals surface area (Å²) in [5, 5.41) is 2.71. The zero-order valence-electron chi connectivity index (χ0n) is 18.8. The van der Waals surface area contributed by atoms with Gasteiger partial charge in [-0.05, 0) is 80.4 Å². The molecule has 33 heavy (non-hydrogen) atoms. The number of Topliss-reactive ketones (excluding diaryl/α,β-unsaturated/α-hetero) is 1. The van der Waals surface area contributed by atoms with E-state index in [1.54, 1.807) is 31.4 Å². The van der Waals surface area contributed by atoms with E-state index in [2.05, 4.69) is 19.2 Å². The van der Waals surface area contributed by atoms with Crippen LogP contribution in [0.1, 0.15) is 52.1 Å². The van der Waals surface area contributed by atoms with Crippen LogP contribution in [-0.4, -0.2) is 30.1 Å². The van der Waals surface area contributed by atoms with E-state index in [0.29, 0.717) is 11.3 Å². The number of hydrogen-bond donors (Lipinski definition) is 1. The lowest BCUT2D eigenvalue weighted by Gasteiger charge is -2.29. The van der Waals surface area contributed by atoms with Crippen molar-refractivity contribution in [2.24, 2.45) is 4.99 Å². The summed E-state index contributed by atoms with van der Waals surface area (Å²) in [7, 11) is 1.62. The quantitative estimate of drug-likeness (QED) is 0.512. The molecule has 3 aromatic rings. The summed E-state index contributed by atoms with van der Waals surface area (Å²) in [6.45, 7) is 4.11. The molecule has 6 heteroatoms. The number of halogens is 1. The minimum absolute atomic E-state index is 0.0665. The number of hydrogen-bond acceptors (Lipinski definition) is 4. The van der Waals surface area contributed by atoms with Gasteiger partial charge in [-0.2, -0.15) is 0 Å². The average Bonchev–Trinajstić information content (AvgIpc) is 2.78. The second-order valence-electron chi connectivity index (χ2n) is 8.71. The number of ketones is 1. The number of nitrogens with one attached hydrogen (secondary N) is 1. The van der Waals surface area contributed by atoms with Crippen LogP contribution >= 0.6 is 0 Å². The normalized spacial score (nSPS) is 14.1. The largest absolute Gasteiger partial charge is 0.497 e. The Hall–Kier alpha value is -3.80. The molecule has 0 spiro atoms. The number of ether oxygens (including phenoxy) is 1. The standard InChI is InChI=1S/C27H25FN2O3/c1-27(2)16-19-9-12-22(33-3)14-23(19)24(30-27)15-25(31)17-7-10-21(11-8-17)29-26(32)18-5-4-6-20(28)13-18/h4-14H,15-16H2,1-3H3,(H,29,32). The number of benzene rings is 3. The lowest BCUT2D eigenvalue weighted by molar-refractivity contribution is 0.0998. The molecular weight excluding hydrogens is 419 g/mol. The first-order valence-corrected chi connectivity index (χ1v) is 10.7. The van der Waals surface area contributed by atoms with Crippen molar-refractivity contribution >= 4 is 23.1 Å². The van der Waals surface area contributed by atoms with Crippen molar-refractivity contribution in [2.75, 3.05) is 12.4 Å². The molecule has 168 valence electrons. The van der Waals surface area contributed by atoms with Gasteiger partial charge in [-0.15, -0.1) is 0 Å². The first kappa shape index (κ1) is 22.4. The molecule has 0 saturated carbocycles. The number of aliphatic imine (C=N–C) groups is 1. The summed E-state index contributed by atoms with van der Waals surface area (Å²) < 4.78 is 18.7. The monoisotopic (exact) mass is 444 g/mol. The summed E-state index contributed by atoms with van der Waals surface area (Å²) in [5.41, 5.74) is 3.81. The predicted octanol–water partition coefficient (Wildman–Crippen LogP) is 5.48. The van der Waals surface area contributed by atoms with E-state index in [1.807, 2.05) is 18.2 Å². The van der Waals surface area contributed by atoms with Gasteiger partial charge in [-0.3, -0.25) is 14.6 Å². The summed E-state index contributed by atoms with van der Waals surface area (Å²) in [6.07, 6.45) is 0.961. The summed E-state index contributed by atoms with van der Waals surface area (Å²) in [4.78, 5) is 30.2. The minimum Gasteiger partial charge on any atom is -0.497 e. The van der Waals surface area contributed by atoms with Crippen molar-refractivity contribution in [3.05, 3.63) is 94.8 Å². The van der Waals surface area contributed by atoms with E-state index in [4.69, 9.17) is 9.73 Å². The fraction of sp³-hybridized carbons (Fsp3) is 0.222. The number of carbonyl (C=O) groups is 2. The van der Waals surface area contributed by atoms with Crippen LogP contribution in [0.25, 0.3) is 0 Å². The van der Waals surface area contributed by atoms with Crippen LogP contribution in [0.3, 0.4) is 0 Å². The van der Waals surface area contributed by atoms with E-state index in [-0.39, 0.29) is 23.3 Å². The number of carbonyl (C=O) groups excluding carboxylic acids is 2. The maximum absolute atomic E-state index is 13.3. The Morgan fingerprint density at radius 3 is 2.48 bits per heavy atom. The lowest BCUT2D eigenvalue weighted by atomic mass is 9.85. The Balaban J connectivity index is 1.50. The zero-order chi connectivity index (χ0) is 23.6. The van der Waals surface area contributed by atoms with Crippen molar-refractivity contribution in [2.45, 2.75) is 32.2 Å². The van der Waals surface area contributed by atoms with E-state index in [9.17, 15) is 14.0 Å². The van der Waals surface area contributed by atoms with Crippen molar-refractivity contribution in [1.29, 1.82) is 0 Å². The van der Waals surface area contributed by atoms with Crippen LogP contribution in [0.5, 0.6) is 5.75 Å². The molecule has 0 fully saturated rings. The molecule has 0 atom stereocenters. The van der Waals surface area contributed by atoms with E-state index >= 15 is 0 Å². The SMILES string of the molecule is COc1ccc2c(c1)C(CC(=O)c1ccc(NC(=O)c3cccc(F)c3)cc1)=NC(C)(C)C2. The topological polar surface area (TPSA) is 67.8 Å². The lowest BCUT2D eigenvalue weighted by Crippen LogP contribution is -2.30. The second-order valence-corrected chi connectivity index (χ2v) is 8.71. The molecule has 3 aromatic carbocycles. The molecule has 4 rings (SSSR count). The van der Waals surface area contributed by atoms with Crippen LogP contribution in [0.15, 0.2) is 71.7 Å². The molecule has 0 aliphatic carbocycles. The van der Waals surface area contributed by atoms with Crippen LogP contribution in [0.4, 0.5) is 10.1 Å². The van der Waals surface area contributed by atoms with Gasteiger partial charge >= 0.3 is 0 Å². The number of anilines is 1. The molecule has 1 aliphatic rings. The molecule has 0 bridgehead atoms. The highest BCUT2D eigenvalue weighted by Gasteiger charge is 2.28. The van der Waals surface area contributed by atoms with Crippen LogP contribution in [-0.2, 0) is 6.42 Å². The van der Waals surface area contributed by atoms with Gasteiger partial charge in [-0.1, -0.05) is 12.1 Å². The second kappa shape index (κ2) is 8.98. The third kappa shape index (κ3) is 5.17. The van der Waals surface area contributed by atoms with E-state index in [0.717, 1.165) is 29.0 Å². The van der Waals surface area contributed by atoms with Gasteiger partial charge in [-0.25, -0.2) is 4.39 Å². The number of rotatable bonds is 6. The van der Waals surface area contributed by atoms with Gasteiger partial charge in [0.1, 0.15) is 11.6 Å². The molecule has 0 radical (unpaired) electrons. The zero-order valence-corrected chi connectivity index (χ0v) is 18.8. The maximum atomic E-state index is 13.3. The van der Waals surface area contributed by atoms with Crippen molar-refractivity contribution < 1.29 is 18.7 Å². The first-order chi connectivity index (χ1) is 15.7.